The van der Waals surface area contributed by atoms with E-state index in [4.69, 9.17) is 0 Å². The first kappa shape index (κ1) is 16.0. The Morgan fingerprint density at radius 2 is 1.84 bits per heavy atom. The molecule has 1 nitrogen and oxygen atoms in total. The Balaban J connectivity index is 2.47. The number of rotatable bonds is 9. The molecule has 0 saturated heterocycles. The molecule has 0 N–H and O–H groups in total. The Morgan fingerprint density at radius 1 is 1.16 bits per heavy atom. The second-order valence-electron chi connectivity index (χ2n) is 5.40. The van der Waals surface area contributed by atoms with Gasteiger partial charge >= 0.3 is 0 Å². The van der Waals surface area contributed by atoms with Gasteiger partial charge in [-0.15, -0.1) is 0 Å². The van der Waals surface area contributed by atoms with Crippen molar-refractivity contribution in [2.24, 2.45) is 0 Å². The van der Waals surface area contributed by atoms with E-state index in [1.807, 2.05) is 0 Å². The van der Waals surface area contributed by atoms with E-state index < -0.39 is 0 Å². The van der Waals surface area contributed by atoms with Crippen LogP contribution in [-0.2, 0) is 6.42 Å². The molecule has 0 radical (unpaired) electrons. The number of nitrogens with zero attached hydrogens (tertiary/aromatic N) is 1. The minimum absolute atomic E-state index is 0.552. The van der Waals surface area contributed by atoms with Gasteiger partial charge in [-0.1, -0.05) is 56.3 Å². The highest BCUT2D eigenvalue weighted by Gasteiger charge is 2.15. The molecule has 1 aromatic rings. The van der Waals surface area contributed by atoms with E-state index in [1.165, 1.54) is 49.9 Å². The lowest BCUT2D eigenvalue weighted by molar-refractivity contribution is 0.213. The molecule has 106 valence electrons. The number of aryl methyl sites for hydroxylation is 1. The second-order valence-corrected chi connectivity index (χ2v) is 5.40. The molecule has 0 aliphatic rings. The molecule has 0 spiro atoms. The van der Waals surface area contributed by atoms with E-state index >= 15 is 0 Å². The quantitative estimate of drug-likeness (QED) is 0.582. The fraction of sp³-hybridized carbons (Fsp3) is 0.556. The summed E-state index contributed by atoms with van der Waals surface area (Å²) in [5.41, 5.74) is 2.75. The van der Waals surface area contributed by atoms with E-state index in [0.29, 0.717) is 6.04 Å². The van der Waals surface area contributed by atoms with Crippen LogP contribution in [0.5, 0.6) is 0 Å². The molecular formula is C18H29N. The highest BCUT2D eigenvalue weighted by Crippen LogP contribution is 2.14. The van der Waals surface area contributed by atoms with Crippen molar-refractivity contribution in [1.82, 2.24) is 4.90 Å². The molecule has 0 fully saturated rings. The van der Waals surface area contributed by atoms with Crippen molar-refractivity contribution in [2.75, 3.05) is 13.1 Å². The van der Waals surface area contributed by atoms with Crippen molar-refractivity contribution in [1.29, 1.82) is 0 Å². The van der Waals surface area contributed by atoms with Crippen LogP contribution in [0, 0.1) is 0 Å². The summed E-state index contributed by atoms with van der Waals surface area (Å²) >= 11 is 0. The second kappa shape index (κ2) is 8.92. The maximum absolute atomic E-state index is 4.15. The molecule has 0 heterocycles. The SMILES string of the molecule is C=C(C)[C@@H](CC)N(CCC)CCCc1ccccc1. The minimum atomic E-state index is 0.552. The zero-order chi connectivity index (χ0) is 14.1. The normalized spacial score (nSPS) is 12.6. The molecule has 0 aliphatic heterocycles. The molecule has 1 heteroatoms. The smallest absolute Gasteiger partial charge is 0.0299 e. The monoisotopic (exact) mass is 259 g/mol. The Labute approximate surface area is 119 Å². The van der Waals surface area contributed by atoms with E-state index in [0.717, 1.165) is 0 Å². The molecule has 1 aromatic carbocycles. The number of hydrogen-bond acceptors (Lipinski definition) is 1. The summed E-state index contributed by atoms with van der Waals surface area (Å²) in [4.78, 5) is 2.60. The Kier molecular flexibility index (Phi) is 7.50. The fourth-order valence-corrected chi connectivity index (χ4v) is 2.76. The van der Waals surface area contributed by atoms with E-state index in [1.54, 1.807) is 0 Å². The first-order valence-electron chi connectivity index (χ1n) is 7.62. The van der Waals surface area contributed by atoms with Crippen molar-refractivity contribution in [2.45, 2.75) is 52.5 Å². The Hall–Kier alpha value is -1.08. The summed E-state index contributed by atoms with van der Waals surface area (Å²) < 4.78 is 0. The van der Waals surface area contributed by atoms with Crippen LogP contribution in [0.4, 0.5) is 0 Å². The lowest BCUT2D eigenvalue weighted by atomic mass is 10.0. The predicted molar refractivity (Wildman–Crippen MR) is 85.5 cm³/mol. The average molecular weight is 259 g/mol. The lowest BCUT2D eigenvalue weighted by Crippen LogP contribution is -2.37. The van der Waals surface area contributed by atoms with Crippen molar-refractivity contribution < 1.29 is 0 Å². The van der Waals surface area contributed by atoms with Crippen LogP contribution in [0.2, 0.25) is 0 Å². The zero-order valence-corrected chi connectivity index (χ0v) is 12.9. The molecule has 1 rings (SSSR count). The van der Waals surface area contributed by atoms with Crippen molar-refractivity contribution in [3.8, 4) is 0 Å². The molecule has 0 amide bonds. The van der Waals surface area contributed by atoms with Crippen molar-refractivity contribution in [3.05, 3.63) is 48.0 Å². The van der Waals surface area contributed by atoms with Gasteiger partial charge in [-0.3, -0.25) is 4.90 Å². The van der Waals surface area contributed by atoms with Gasteiger partial charge in [0.1, 0.15) is 0 Å². The lowest BCUT2D eigenvalue weighted by Gasteiger charge is -2.31. The van der Waals surface area contributed by atoms with Gasteiger partial charge < -0.3 is 0 Å². The summed E-state index contributed by atoms with van der Waals surface area (Å²) in [6.07, 6.45) is 4.79. The topological polar surface area (TPSA) is 3.24 Å². The van der Waals surface area contributed by atoms with Gasteiger partial charge in [0, 0.05) is 6.04 Å². The third-order valence-corrected chi connectivity index (χ3v) is 3.66. The summed E-state index contributed by atoms with van der Waals surface area (Å²) in [6.45, 7) is 13.2. The molecule has 0 bridgehead atoms. The maximum Gasteiger partial charge on any atom is 0.0299 e. The third kappa shape index (κ3) is 5.61. The van der Waals surface area contributed by atoms with E-state index in [-0.39, 0.29) is 0 Å². The predicted octanol–water partition coefficient (Wildman–Crippen LogP) is 4.69. The first-order valence-corrected chi connectivity index (χ1v) is 7.62. The summed E-state index contributed by atoms with van der Waals surface area (Å²) in [7, 11) is 0. The molecule has 0 saturated carbocycles. The van der Waals surface area contributed by atoms with Crippen LogP contribution in [0.3, 0.4) is 0 Å². The number of benzene rings is 1. The van der Waals surface area contributed by atoms with Gasteiger partial charge in [0.25, 0.3) is 0 Å². The molecule has 1 atom stereocenters. The summed E-state index contributed by atoms with van der Waals surface area (Å²) in [6, 6.07) is 11.3. The standard InChI is InChI=1S/C18H29N/c1-5-14-19(18(6-2)16(3)4)15-10-13-17-11-8-7-9-12-17/h7-9,11-12,18H,3,5-6,10,13-15H2,1-2,4H3/t18-/m1/s1. The van der Waals surface area contributed by atoms with Gasteiger partial charge in [-0.05, 0) is 51.3 Å². The Bertz CT molecular complexity index is 355. The van der Waals surface area contributed by atoms with Gasteiger partial charge in [-0.2, -0.15) is 0 Å². The molecule has 0 unspecified atom stereocenters. The average Bonchev–Trinajstić information content (AvgIpc) is 2.40. The minimum Gasteiger partial charge on any atom is -0.297 e. The van der Waals surface area contributed by atoms with Gasteiger partial charge in [-0.25, -0.2) is 0 Å². The van der Waals surface area contributed by atoms with Crippen LogP contribution in [0.1, 0.15) is 45.6 Å². The van der Waals surface area contributed by atoms with Crippen LogP contribution in [0.25, 0.3) is 0 Å². The summed E-state index contributed by atoms with van der Waals surface area (Å²) in [5, 5.41) is 0. The van der Waals surface area contributed by atoms with E-state index in [9.17, 15) is 0 Å². The molecule has 0 aliphatic carbocycles. The van der Waals surface area contributed by atoms with Crippen LogP contribution in [-0.4, -0.2) is 24.0 Å². The summed E-state index contributed by atoms with van der Waals surface area (Å²) in [5.74, 6) is 0. The van der Waals surface area contributed by atoms with Crippen molar-refractivity contribution >= 4 is 0 Å². The van der Waals surface area contributed by atoms with Crippen LogP contribution >= 0.6 is 0 Å². The molecule has 0 aromatic heterocycles. The maximum atomic E-state index is 4.15. The third-order valence-electron chi connectivity index (χ3n) is 3.66. The van der Waals surface area contributed by atoms with Gasteiger partial charge in [0.15, 0.2) is 0 Å². The number of hydrogen-bond donors (Lipinski definition) is 0. The first-order chi connectivity index (χ1) is 9.19. The Morgan fingerprint density at radius 3 is 2.37 bits per heavy atom. The van der Waals surface area contributed by atoms with Gasteiger partial charge in [0.05, 0.1) is 0 Å². The zero-order valence-electron chi connectivity index (χ0n) is 12.9. The largest absolute Gasteiger partial charge is 0.297 e. The highest BCUT2D eigenvalue weighted by molar-refractivity contribution is 5.14. The van der Waals surface area contributed by atoms with Crippen LogP contribution < -0.4 is 0 Å². The molecule has 19 heavy (non-hydrogen) atoms. The van der Waals surface area contributed by atoms with Crippen molar-refractivity contribution in [3.63, 3.8) is 0 Å². The molecular weight excluding hydrogens is 230 g/mol. The van der Waals surface area contributed by atoms with Crippen LogP contribution in [0.15, 0.2) is 42.5 Å². The van der Waals surface area contributed by atoms with E-state index in [2.05, 4.69) is 62.6 Å². The highest BCUT2D eigenvalue weighted by atomic mass is 15.1. The fourth-order valence-electron chi connectivity index (χ4n) is 2.76. The van der Waals surface area contributed by atoms with Gasteiger partial charge in [0.2, 0.25) is 0 Å².